The summed E-state index contributed by atoms with van der Waals surface area (Å²) >= 11 is 0. The second-order valence-corrected chi connectivity index (χ2v) is 7.57. The van der Waals surface area contributed by atoms with Gasteiger partial charge in [0.15, 0.2) is 0 Å². The number of likely N-dealkylation sites (tertiary alicyclic amines) is 1. The third kappa shape index (κ3) is 3.49. The summed E-state index contributed by atoms with van der Waals surface area (Å²) in [6, 6.07) is 12.4. The third-order valence-corrected chi connectivity index (χ3v) is 5.78. The minimum Gasteiger partial charge on any atom is -0.465 e. The van der Waals surface area contributed by atoms with Crippen LogP contribution in [0.25, 0.3) is 16.6 Å². The lowest BCUT2D eigenvalue weighted by atomic mass is 9.90. The van der Waals surface area contributed by atoms with Gasteiger partial charge in [0.05, 0.1) is 17.9 Å². The molecule has 1 aromatic carbocycles. The van der Waals surface area contributed by atoms with Gasteiger partial charge in [0.1, 0.15) is 6.33 Å². The predicted molar refractivity (Wildman–Crippen MR) is 110 cm³/mol. The van der Waals surface area contributed by atoms with Gasteiger partial charge in [-0.3, -0.25) is 4.98 Å². The molecule has 0 bridgehead atoms. The maximum absolute atomic E-state index is 11.1. The van der Waals surface area contributed by atoms with E-state index in [-0.39, 0.29) is 0 Å². The van der Waals surface area contributed by atoms with E-state index in [1.165, 1.54) is 10.5 Å². The molecule has 0 saturated carbocycles. The molecular formula is C21H21N7O2. The lowest BCUT2D eigenvalue weighted by molar-refractivity contribution is 0.132. The van der Waals surface area contributed by atoms with E-state index >= 15 is 0 Å². The zero-order valence-corrected chi connectivity index (χ0v) is 16.3. The van der Waals surface area contributed by atoms with E-state index in [2.05, 4.69) is 61.6 Å². The summed E-state index contributed by atoms with van der Waals surface area (Å²) in [6.07, 6.45) is 6.45. The second kappa shape index (κ2) is 7.58. The van der Waals surface area contributed by atoms with Crippen LogP contribution in [0.2, 0.25) is 0 Å². The number of tetrazole rings is 1. The fourth-order valence-corrected chi connectivity index (χ4v) is 4.10. The molecule has 0 aliphatic carbocycles. The Morgan fingerprint density at radius 1 is 1.13 bits per heavy atom. The Kier molecular flexibility index (Phi) is 4.62. The number of pyridine rings is 1. The van der Waals surface area contributed by atoms with Crippen LogP contribution in [0.3, 0.4) is 0 Å². The van der Waals surface area contributed by atoms with Crippen LogP contribution in [0.1, 0.15) is 30.0 Å². The molecule has 4 aromatic rings. The van der Waals surface area contributed by atoms with Gasteiger partial charge in [0.25, 0.3) is 0 Å². The number of hydrogen-bond donors (Lipinski definition) is 1. The third-order valence-electron chi connectivity index (χ3n) is 5.78. The van der Waals surface area contributed by atoms with Crippen molar-refractivity contribution in [2.75, 3.05) is 13.1 Å². The second-order valence-electron chi connectivity index (χ2n) is 7.57. The van der Waals surface area contributed by atoms with E-state index in [0.717, 1.165) is 35.1 Å². The number of aromatic nitrogens is 6. The van der Waals surface area contributed by atoms with E-state index in [1.807, 2.05) is 12.3 Å². The van der Waals surface area contributed by atoms with Crippen LogP contribution < -0.4 is 0 Å². The lowest BCUT2D eigenvalue weighted by Crippen LogP contribution is -2.36. The zero-order chi connectivity index (χ0) is 20.5. The van der Waals surface area contributed by atoms with Crippen LogP contribution in [0.15, 0.2) is 55.1 Å². The van der Waals surface area contributed by atoms with Gasteiger partial charge in [-0.15, -0.1) is 5.10 Å². The topological polar surface area (TPSA) is 102 Å². The summed E-state index contributed by atoms with van der Waals surface area (Å²) in [4.78, 5) is 17.2. The van der Waals surface area contributed by atoms with Gasteiger partial charge in [0, 0.05) is 36.4 Å². The summed E-state index contributed by atoms with van der Waals surface area (Å²) in [7, 11) is 0. The highest BCUT2D eigenvalue weighted by Gasteiger charge is 2.23. The summed E-state index contributed by atoms with van der Waals surface area (Å²) in [5.41, 5.74) is 4.22. The van der Waals surface area contributed by atoms with Crippen molar-refractivity contribution in [2.24, 2.45) is 0 Å². The van der Waals surface area contributed by atoms with E-state index in [4.69, 9.17) is 5.11 Å². The first kappa shape index (κ1) is 18.3. The number of fused-ring (bicyclic) bond motifs is 1. The SMILES string of the molecule is O=C(O)N1CCC(c2ccc(Cn3ccc4cc(-n5cnnn5)ccc43)nc2)CC1. The molecule has 1 aliphatic heterocycles. The Hall–Kier alpha value is -3.75. The Balaban J connectivity index is 1.29. The maximum atomic E-state index is 11.1. The highest BCUT2D eigenvalue weighted by Crippen LogP contribution is 2.28. The molecule has 30 heavy (non-hydrogen) atoms. The van der Waals surface area contributed by atoms with E-state index in [0.29, 0.717) is 25.6 Å². The summed E-state index contributed by atoms with van der Waals surface area (Å²) in [6.45, 7) is 1.86. The first-order chi connectivity index (χ1) is 14.7. The quantitative estimate of drug-likeness (QED) is 0.562. The van der Waals surface area contributed by atoms with E-state index in [1.54, 1.807) is 11.0 Å². The standard InChI is InChI=1S/C21H21N7O2/c29-21(30)26-8-5-15(6-9-26)17-1-2-18(22-12-17)13-27-10-7-16-11-19(3-4-20(16)27)28-14-23-24-25-28/h1-4,7,10-12,14-15H,5-6,8-9,13H2,(H,29,30). The van der Waals surface area contributed by atoms with Crippen molar-refractivity contribution in [3.8, 4) is 5.69 Å². The maximum Gasteiger partial charge on any atom is 0.407 e. The molecule has 1 amide bonds. The first-order valence-electron chi connectivity index (χ1n) is 9.92. The van der Waals surface area contributed by atoms with Gasteiger partial charge in [-0.2, -0.15) is 0 Å². The van der Waals surface area contributed by atoms with E-state index < -0.39 is 6.09 Å². The number of carboxylic acid groups (broad SMARTS) is 1. The van der Waals surface area contributed by atoms with Crippen molar-refractivity contribution in [3.63, 3.8) is 0 Å². The average Bonchev–Trinajstić information content (AvgIpc) is 3.45. The first-order valence-corrected chi connectivity index (χ1v) is 9.92. The van der Waals surface area contributed by atoms with Crippen molar-refractivity contribution in [3.05, 3.63) is 66.4 Å². The summed E-state index contributed by atoms with van der Waals surface area (Å²) in [5, 5.41) is 21.5. The molecule has 0 radical (unpaired) electrons. The number of rotatable bonds is 4. The smallest absolute Gasteiger partial charge is 0.407 e. The van der Waals surface area contributed by atoms with Crippen molar-refractivity contribution < 1.29 is 9.90 Å². The van der Waals surface area contributed by atoms with Crippen LogP contribution in [-0.4, -0.2) is 58.9 Å². The Labute approximate surface area is 172 Å². The number of benzene rings is 1. The molecule has 0 spiro atoms. The number of nitrogens with zero attached hydrogens (tertiary/aromatic N) is 7. The predicted octanol–water partition coefficient (Wildman–Crippen LogP) is 2.92. The molecule has 4 heterocycles. The fraction of sp³-hybridized carbons (Fsp3) is 0.286. The van der Waals surface area contributed by atoms with Gasteiger partial charge in [-0.1, -0.05) is 6.07 Å². The molecule has 9 nitrogen and oxygen atoms in total. The molecule has 152 valence electrons. The fourth-order valence-electron chi connectivity index (χ4n) is 4.10. The molecular weight excluding hydrogens is 382 g/mol. The number of amides is 1. The molecule has 9 heteroatoms. The lowest BCUT2D eigenvalue weighted by Gasteiger charge is -2.30. The van der Waals surface area contributed by atoms with Crippen LogP contribution in [0.5, 0.6) is 0 Å². The average molecular weight is 403 g/mol. The molecule has 1 aliphatic rings. The van der Waals surface area contributed by atoms with Crippen molar-refractivity contribution in [2.45, 2.75) is 25.3 Å². The Bertz CT molecular complexity index is 1160. The minimum absolute atomic E-state index is 0.374. The highest BCUT2D eigenvalue weighted by atomic mass is 16.4. The van der Waals surface area contributed by atoms with Gasteiger partial charge in [-0.05, 0) is 65.1 Å². The molecule has 0 unspecified atom stereocenters. The monoisotopic (exact) mass is 403 g/mol. The van der Waals surface area contributed by atoms with Crippen LogP contribution in [0.4, 0.5) is 4.79 Å². The van der Waals surface area contributed by atoms with Crippen LogP contribution in [-0.2, 0) is 6.54 Å². The zero-order valence-electron chi connectivity index (χ0n) is 16.3. The van der Waals surface area contributed by atoms with Crippen molar-refractivity contribution in [1.82, 2.24) is 34.7 Å². The highest BCUT2D eigenvalue weighted by molar-refractivity contribution is 5.82. The van der Waals surface area contributed by atoms with Crippen LogP contribution in [0, 0.1) is 0 Å². The summed E-state index contributed by atoms with van der Waals surface area (Å²) < 4.78 is 3.81. The van der Waals surface area contributed by atoms with Gasteiger partial charge < -0.3 is 14.6 Å². The van der Waals surface area contributed by atoms with Gasteiger partial charge in [-0.25, -0.2) is 9.48 Å². The van der Waals surface area contributed by atoms with Gasteiger partial charge in [0.2, 0.25) is 0 Å². The molecule has 3 aromatic heterocycles. The van der Waals surface area contributed by atoms with Crippen molar-refractivity contribution in [1.29, 1.82) is 0 Å². The molecule has 0 atom stereocenters. The number of hydrogen-bond acceptors (Lipinski definition) is 5. The van der Waals surface area contributed by atoms with Crippen LogP contribution >= 0.6 is 0 Å². The number of piperidine rings is 1. The largest absolute Gasteiger partial charge is 0.465 e. The minimum atomic E-state index is -0.828. The Morgan fingerprint density at radius 2 is 2.00 bits per heavy atom. The summed E-state index contributed by atoms with van der Waals surface area (Å²) in [5.74, 6) is 0.374. The molecule has 5 rings (SSSR count). The molecule has 1 N–H and O–H groups in total. The van der Waals surface area contributed by atoms with Crippen molar-refractivity contribution >= 4 is 17.0 Å². The molecule has 1 saturated heterocycles. The van der Waals surface area contributed by atoms with Gasteiger partial charge >= 0.3 is 6.09 Å². The normalized spacial score (nSPS) is 15.0. The number of carbonyl (C=O) groups is 1. The Morgan fingerprint density at radius 3 is 2.70 bits per heavy atom. The molecule has 1 fully saturated rings. The van der Waals surface area contributed by atoms with E-state index in [9.17, 15) is 4.79 Å².